The molecule has 1 amide bonds. The Morgan fingerprint density at radius 3 is 2.70 bits per heavy atom. The molecule has 1 aromatic heterocycles. The molecule has 1 heterocycles. The van der Waals surface area contributed by atoms with Gasteiger partial charge in [-0.05, 0) is 42.4 Å². The van der Waals surface area contributed by atoms with Crippen LogP contribution < -0.4 is 10.9 Å². The van der Waals surface area contributed by atoms with Gasteiger partial charge in [0.1, 0.15) is 6.54 Å². The van der Waals surface area contributed by atoms with E-state index >= 15 is 0 Å². The van der Waals surface area contributed by atoms with Gasteiger partial charge in [0.25, 0.3) is 5.56 Å². The van der Waals surface area contributed by atoms with Crippen LogP contribution in [0.1, 0.15) is 44.2 Å². The molecule has 20 heavy (non-hydrogen) atoms. The number of nitrogens with zero attached hydrogens (tertiary/aromatic N) is 2. The van der Waals surface area contributed by atoms with Gasteiger partial charge in [0, 0.05) is 6.04 Å². The van der Waals surface area contributed by atoms with Gasteiger partial charge in [0.05, 0.1) is 15.6 Å². The highest BCUT2D eigenvalue weighted by molar-refractivity contribution is 14.1. The molecule has 0 bridgehead atoms. The van der Waals surface area contributed by atoms with E-state index in [1.54, 1.807) is 6.92 Å². The molecule has 1 aliphatic rings. The maximum absolute atomic E-state index is 12.0. The van der Waals surface area contributed by atoms with E-state index in [1.807, 2.05) is 22.6 Å². The number of aromatic nitrogens is 2. The van der Waals surface area contributed by atoms with E-state index in [0.29, 0.717) is 9.26 Å². The molecule has 2 rings (SSSR count). The SMILES string of the molecule is Cc1ncn(CC(=O)NC2CCCCCC2)c(=O)c1I. The fraction of sp³-hybridized carbons (Fsp3) is 0.643. The van der Waals surface area contributed by atoms with Crippen LogP contribution >= 0.6 is 22.6 Å². The largest absolute Gasteiger partial charge is 0.352 e. The van der Waals surface area contributed by atoms with Crippen LogP contribution in [0.25, 0.3) is 0 Å². The van der Waals surface area contributed by atoms with Crippen molar-refractivity contribution in [2.45, 2.75) is 58.0 Å². The number of rotatable bonds is 3. The lowest BCUT2D eigenvalue weighted by molar-refractivity contribution is -0.122. The molecule has 1 N–H and O–H groups in total. The van der Waals surface area contributed by atoms with E-state index in [4.69, 9.17) is 0 Å². The zero-order valence-electron chi connectivity index (χ0n) is 11.7. The number of halogens is 1. The summed E-state index contributed by atoms with van der Waals surface area (Å²) in [7, 11) is 0. The highest BCUT2D eigenvalue weighted by atomic mass is 127. The highest BCUT2D eigenvalue weighted by Crippen LogP contribution is 2.17. The minimum absolute atomic E-state index is 0.0542. The lowest BCUT2D eigenvalue weighted by atomic mass is 10.1. The molecule has 0 radical (unpaired) electrons. The molecule has 5 nitrogen and oxygen atoms in total. The summed E-state index contributed by atoms with van der Waals surface area (Å²) in [6, 6.07) is 0.262. The summed E-state index contributed by atoms with van der Waals surface area (Å²) in [6.07, 6.45) is 8.41. The standard InChI is InChI=1S/C14H20IN3O2/c1-10-13(15)14(20)18(9-16-10)8-12(19)17-11-6-4-2-3-5-7-11/h9,11H,2-8H2,1H3,(H,17,19). The summed E-state index contributed by atoms with van der Waals surface area (Å²) in [5, 5.41) is 3.04. The number of amides is 1. The van der Waals surface area contributed by atoms with Gasteiger partial charge in [-0.2, -0.15) is 0 Å². The van der Waals surface area contributed by atoms with Gasteiger partial charge in [-0.25, -0.2) is 4.98 Å². The molecular formula is C14H20IN3O2. The molecule has 110 valence electrons. The number of hydrogen-bond acceptors (Lipinski definition) is 3. The molecule has 1 aliphatic carbocycles. The summed E-state index contributed by atoms with van der Waals surface area (Å²) >= 11 is 1.97. The maximum atomic E-state index is 12.0. The van der Waals surface area contributed by atoms with E-state index < -0.39 is 0 Å². The molecule has 0 atom stereocenters. The van der Waals surface area contributed by atoms with Crippen LogP contribution in [-0.4, -0.2) is 21.5 Å². The molecule has 1 fully saturated rings. The van der Waals surface area contributed by atoms with E-state index in [-0.39, 0.29) is 24.1 Å². The Morgan fingerprint density at radius 2 is 2.05 bits per heavy atom. The summed E-state index contributed by atoms with van der Waals surface area (Å²) in [5.74, 6) is -0.0968. The van der Waals surface area contributed by atoms with Crippen molar-refractivity contribution in [3.63, 3.8) is 0 Å². The fourth-order valence-corrected chi connectivity index (χ4v) is 2.96. The maximum Gasteiger partial charge on any atom is 0.267 e. The zero-order valence-corrected chi connectivity index (χ0v) is 13.9. The van der Waals surface area contributed by atoms with Gasteiger partial charge in [-0.3, -0.25) is 14.2 Å². The van der Waals surface area contributed by atoms with Gasteiger partial charge in [0.15, 0.2) is 0 Å². The second-order valence-corrected chi connectivity index (χ2v) is 6.41. The molecule has 0 aliphatic heterocycles. The monoisotopic (exact) mass is 389 g/mol. The second kappa shape index (κ2) is 7.19. The Labute approximate surface area is 132 Å². The first kappa shape index (κ1) is 15.5. The van der Waals surface area contributed by atoms with E-state index in [9.17, 15) is 9.59 Å². The Morgan fingerprint density at radius 1 is 1.40 bits per heavy atom. The molecule has 0 aromatic carbocycles. The average molecular weight is 389 g/mol. The average Bonchev–Trinajstić information content (AvgIpc) is 2.68. The Hall–Kier alpha value is -0.920. The normalized spacial score (nSPS) is 16.7. The molecule has 0 saturated heterocycles. The first-order valence-corrected chi connectivity index (χ1v) is 8.16. The van der Waals surface area contributed by atoms with Crippen molar-refractivity contribution in [1.29, 1.82) is 0 Å². The van der Waals surface area contributed by atoms with Crippen LogP contribution in [0.15, 0.2) is 11.1 Å². The Kier molecular flexibility index (Phi) is 5.56. The van der Waals surface area contributed by atoms with Crippen LogP contribution in [0.4, 0.5) is 0 Å². The predicted molar refractivity (Wildman–Crippen MR) is 85.6 cm³/mol. The first-order valence-electron chi connectivity index (χ1n) is 7.09. The molecule has 0 unspecified atom stereocenters. The van der Waals surface area contributed by atoms with Crippen molar-refractivity contribution in [2.75, 3.05) is 0 Å². The van der Waals surface area contributed by atoms with Crippen molar-refractivity contribution < 1.29 is 4.79 Å². The van der Waals surface area contributed by atoms with Crippen LogP contribution in [0.2, 0.25) is 0 Å². The lowest BCUT2D eigenvalue weighted by Crippen LogP contribution is -2.39. The van der Waals surface area contributed by atoms with Crippen molar-refractivity contribution in [2.24, 2.45) is 0 Å². The molecule has 6 heteroatoms. The highest BCUT2D eigenvalue weighted by Gasteiger charge is 2.15. The van der Waals surface area contributed by atoms with Gasteiger partial charge >= 0.3 is 0 Å². The van der Waals surface area contributed by atoms with Gasteiger partial charge in [-0.1, -0.05) is 25.7 Å². The number of carbonyl (C=O) groups excluding carboxylic acids is 1. The minimum atomic E-state index is -0.144. The van der Waals surface area contributed by atoms with Crippen molar-refractivity contribution in [1.82, 2.24) is 14.9 Å². The fourth-order valence-electron chi connectivity index (χ4n) is 2.51. The Bertz CT molecular complexity index is 534. The van der Waals surface area contributed by atoms with Crippen LogP contribution in [0.5, 0.6) is 0 Å². The third-order valence-electron chi connectivity index (χ3n) is 3.69. The van der Waals surface area contributed by atoms with E-state index in [2.05, 4.69) is 10.3 Å². The lowest BCUT2D eigenvalue weighted by Gasteiger charge is -2.16. The number of carbonyl (C=O) groups is 1. The summed E-state index contributed by atoms with van der Waals surface area (Å²) < 4.78 is 1.95. The van der Waals surface area contributed by atoms with Crippen LogP contribution in [-0.2, 0) is 11.3 Å². The Balaban J connectivity index is 1.97. The van der Waals surface area contributed by atoms with Crippen LogP contribution in [0.3, 0.4) is 0 Å². The summed E-state index contributed by atoms with van der Waals surface area (Å²) in [6.45, 7) is 1.84. The molecular weight excluding hydrogens is 369 g/mol. The summed E-state index contributed by atoms with van der Waals surface area (Å²) in [4.78, 5) is 28.2. The number of nitrogens with one attached hydrogen (secondary N) is 1. The smallest absolute Gasteiger partial charge is 0.267 e. The topological polar surface area (TPSA) is 64.0 Å². The van der Waals surface area contributed by atoms with Gasteiger partial charge < -0.3 is 5.32 Å². The molecule has 1 saturated carbocycles. The summed E-state index contributed by atoms with van der Waals surface area (Å²) in [5.41, 5.74) is 0.560. The van der Waals surface area contributed by atoms with Crippen molar-refractivity contribution in [3.05, 3.63) is 25.9 Å². The number of hydrogen-bond donors (Lipinski definition) is 1. The minimum Gasteiger partial charge on any atom is -0.352 e. The van der Waals surface area contributed by atoms with Crippen molar-refractivity contribution >= 4 is 28.5 Å². The predicted octanol–water partition coefficient (Wildman–Crippen LogP) is 2.00. The molecule has 1 aromatic rings. The third-order valence-corrected chi connectivity index (χ3v) is 4.93. The van der Waals surface area contributed by atoms with Crippen molar-refractivity contribution in [3.8, 4) is 0 Å². The van der Waals surface area contributed by atoms with E-state index in [1.165, 1.54) is 36.6 Å². The molecule has 0 spiro atoms. The first-order chi connectivity index (χ1) is 9.58. The number of aryl methyl sites for hydroxylation is 1. The van der Waals surface area contributed by atoms with Gasteiger partial charge in [-0.15, -0.1) is 0 Å². The van der Waals surface area contributed by atoms with Crippen LogP contribution in [0, 0.1) is 10.5 Å². The van der Waals surface area contributed by atoms with E-state index in [0.717, 1.165) is 12.8 Å². The second-order valence-electron chi connectivity index (χ2n) is 5.33. The quantitative estimate of drug-likeness (QED) is 0.636. The zero-order chi connectivity index (χ0) is 14.5. The van der Waals surface area contributed by atoms with Gasteiger partial charge in [0.2, 0.25) is 5.91 Å². The third kappa shape index (κ3) is 4.04.